The van der Waals surface area contributed by atoms with E-state index in [1.165, 1.54) is 18.9 Å². The van der Waals surface area contributed by atoms with E-state index in [2.05, 4.69) is 15.6 Å². The van der Waals surface area contributed by atoms with Crippen molar-refractivity contribution in [2.75, 3.05) is 18.6 Å². The number of benzene rings is 3. The molecule has 1 unspecified atom stereocenters. The first-order chi connectivity index (χ1) is 19.3. The van der Waals surface area contributed by atoms with Crippen molar-refractivity contribution in [2.24, 2.45) is 4.99 Å². The van der Waals surface area contributed by atoms with E-state index in [1.807, 2.05) is 30.3 Å². The van der Waals surface area contributed by atoms with Crippen LogP contribution in [0.25, 0.3) is 0 Å². The first-order valence-electron chi connectivity index (χ1n) is 12.5. The van der Waals surface area contributed by atoms with Crippen molar-refractivity contribution in [1.82, 2.24) is 10.6 Å². The van der Waals surface area contributed by atoms with Gasteiger partial charge in [-0.15, -0.1) is 0 Å². The van der Waals surface area contributed by atoms with Gasteiger partial charge in [0.05, 0.1) is 24.6 Å². The molecule has 3 aromatic rings. The zero-order chi connectivity index (χ0) is 28.6. The van der Waals surface area contributed by atoms with Crippen molar-refractivity contribution in [3.8, 4) is 5.75 Å². The summed E-state index contributed by atoms with van der Waals surface area (Å²) in [6.07, 6.45) is -1.06. The van der Waals surface area contributed by atoms with Crippen molar-refractivity contribution in [1.29, 1.82) is 0 Å². The fourth-order valence-electron chi connectivity index (χ4n) is 4.30. The number of para-hydroxylation sites is 1. The standard InChI is InChI=1S/C30H28N4O6/c1-19(36)16-22(18-35)31-26(37)17-34-25-11-7-6-10-24(25)27(20-8-4-3-5-9-20)32-28(30(34)39)33-29(38)21-12-14-23(40-2)15-13-21/h3-15,18,22,28H,16-17H2,1-2H3,(H,31,37)(H,33,38)/t22-,28?/m0/s1. The zero-order valence-corrected chi connectivity index (χ0v) is 22.0. The largest absolute Gasteiger partial charge is 0.497 e. The van der Waals surface area contributed by atoms with Gasteiger partial charge < -0.3 is 20.2 Å². The molecule has 0 radical (unpaired) electrons. The molecule has 10 nitrogen and oxygen atoms in total. The molecule has 0 fully saturated rings. The van der Waals surface area contributed by atoms with Crippen LogP contribution < -0.4 is 20.3 Å². The Morgan fingerprint density at radius 2 is 1.68 bits per heavy atom. The highest BCUT2D eigenvalue weighted by atomic mass is 16.5. The van der Waals surface area contributed by atoms with E-state index in [4.69, 9.17) is 4.74 Å². The van der Waals surface area contributed by atoms with Gasteiger partial charge in [-0.2, -0.15) is 0 Å². The normalized spacial score (nSPS) is 15.2. The monoisotopic (exact) mass is 540 g/mol. The number of amides is 3. The van der Waals surface area contributed by atoms with Crippen LogP contribution in [0.1, 0.15) is 34.8 Å². The lowest BCUT2D eigenvalue weighted by atomic mass is 10.0. The highest BCUT2D eigenvalue weighted by molar-refractivity contribution is 6.21. The van der Waals surface area contributed by atoms with Crippen LogP contribution in [0, 0.1) is 0 Å². The topological polar surface area (TPSA) is 134 Å². The summed E-state index contributed by atoms with van der Waals surface area (Å²) in [5.74, 6) is -1.54. The van der Waals surface area contributed by atoms with Crippen LogP contribution in [0.5, 0.6) is 5.75 Å². The third kappa shape index (κ3) is 6.47. The van der Waals surface area contributed by atoms with Gasteiger partial charge in [0.25, 0.3) is 11.8 Å². The number of nitrogens with one attached hydrogen (secondary N) is 2. The summed E-state index contributed by atoms with van der Waals surface area (Å²) in [6, 6.07) is 21.5. The van der Waals surface area contributed by atoms with E-state index in [0.717, 1.165) is 0 Å². The van der Waals surface area contributed by atoms with Crippen molar-refractivity contribution in [3.63, 3.8) is 0 Å². The molecule has 2 atom stereocenters. The molecule has 40 heavy (non-hydrogen) atoms. The summed E-state index contributed by atoms with van der Waals surface area (Å²) in [7, 11) is 1.51. The molecule has 3 amide bonds. The molecule has 0 spiro atoms. The Hall–Kier alpha value is -5.12. The van der Waals surface area contributed by atoms with Gasteiger partial charge in [-0.3, -0.25) is 24.1 Å². The molecule has 1 heterocycles. The molecule has 0 saturated heterocycles. The number of ether oxygens (including phenoxy) is 1. The molecule has 1 aliphatic rings. The smallest absolute Gasteiger partial charge is 0.272 e. The summed E-state index contributed by atoms with van der Waals surface area (Å²) in [6.45, 7) is 0.848. The van der Waals surface area contributed by atoms with E-state index in [0.29, 0.717) is 34.6 Å². The highest BCUT2D eigenvalue weighted by Gasteiger charge is 2.34. The molecule has 1 aliphatic heterocycles. The van der Waals surface area contributed by atoms with Gasteiger partial charge in [0, 0.05) is 23.1 Å². The molecule has 0 saturated carbocycles. The van der Waals surface area contributed by atoms with Crippen molar-refractivity contribution < 1.29 is 28.7 Å². The highest BCUT2D eigenvalue weighted by Crippen LogP contribution is 2.28. The van der Waals surface area contributed by atoms with Crippen molar-refractivity contribution in [2.45, 2.75) is 25.6 Å². The van der Waals surface area contributed by atoms with Gasteiger partial charge in [-0.25, -0.2) is 4.99 Å². The maximum Gasteiger partial charge on any atom is 0.272 e. The minimum atomic E-state index is -1.37. The van der Waals surface area contributed by atoms with Gasteiger partial charge in [-0.1, -0.05) is 48.5 Å². The quantitative estimate of drug-likeness (QED) is 0.379. The fraction of sp³-hybridized carbons (Fsp3) is 0.200. The Bertz CT molecular complexity index is 1450. The third-order valence-electron chi connectivity index (χ3n) is 6.20. The number of nitrogens with zero attached hydrogens (tertiary/aromatic N) is 2. The number of Topliss-reactive ketones (excluding diaryl/α,β-unsaturated/α-hetero) is 1. The Balaban J connectivity index is 1.72. The average molecular weight is 541 g/mol. The predicted octanol–water partition coefficient (Wildman–Crippen LogP) is 2.30. The number of hydrogen-bond donors (Lipinski definition) is 2. The number of hydrogen-bond acceptors (Lipinski definition) is 7. The van der Waals surface area contributed by atoms with Crippen LogP contribution in [0.3, 0.4) is 0 Å². The van der Waals surface area contributed by atoms with E-state index in [1.54, 1.807) is 48.5 Å². The van der Waals surface area contributed by atoms with Crippen LogP contribution in [0.2, 0.25) is 0 Å². The van der Waals surface area contributed by atoms with E-state index in [-0.39, 0.29) is 17.8 Å². The van der Waals surface area contributed by atoms with Crippen molar-refractivity contribution >= 4 is 41.2 Å². The Morgan fingerprint density at radius 3 is 2.33 bits per heavy atom. The Morgan fingerprint density at radius 1 is 1.00 bits per heavy atom. The van der Waals surface area contributed by atoms with E-state index < -0.39 is 36.5 Å². The first kappa shape index (κ1) is 27.9. The molecular weight excluding hydrogens is 512 g/mol. The lowest BCUT2D eigenvalue weighted by Gasteiger charge is -2.25. The summed E-state index contributed by atoms with van der Waals surface area (Å²) >= 11 is 0. The van der Waals surface area contributed by atoms with Crippen LogP contribution in [-0.4, -0.2) is 61.4 Å². The fourth-order valence-corrected chi connectivity index (χ4v) is 4.30. The van der Waals surface area contributed by atoms with Crippen molar-refractivity contribution in [3.05, 3.63) is 95.6 Å². The molecule has 4 rings (SSSR count). The molecule has 3 aromatic carbocycles. The van der Waals surface area contributed by atoms with Crippen LogP contribution in [0.4, 0.5) is 5.69 Å². The number of carbonyl (C=O) groups is 5. The number of fused-ring (bicyclic) bond motifs is 1. The number of anilines is 1. The zero-order valence-electron chi connectivity index (χ0n) is 22.0. The van der Waals surface area contributed by atoms with Gasteiger partial charge in [-0.05, 0) is 37.3 Å². The minimum absolute atomic E-state index is 0.165. The van der Waals surface area contributed by atoms with Gasteiger partial charge >= 0.3 is 0 Å². The van der Waals surface area contributed by atoms with Gasteiger partial charge in [0.15, 0.2) is 0 Å². The number of benzodiazepines with no additional fused rings is 1. The number of carbonyl (C=O) groups excluding carboxylic acids is 5. The van der Waals surface area contributed by atoms with Crippen LogP contribution in [-0.2, 0) is 19.2 Å². The number of ketones is 1. The second-order valence-electron chi connectivity index (χ2n) is 9.11. The molecule has 0 aromatic heterocycles. The Kier molecular flexibility index (Phi) is 8.80. The maximum atomic E-state index is 13.9. The predicted molar refractivity (Wildman–Crippen MR) is 148 cm³/mol. The maximum absolute atomic E-state index is 13.9. The molecule has 0 bridgehead atoms. The third-order valence-corrected chi connectivity index (χ3v) is 6.20. The van der Waals surface area contributed by atoms with Gasteiger partial charge in [0.2, 0.25) is 12.1 Å². The SMILES string of the molecule is COc1ccc(C(=O)NC2N=C(c3ccccc3)c3ccccc3N(CC(=O)N[C@H](C=O)CC(C)=O)C2=O)cc1. The molecule has 204 valence electrons. The second-order valence-corrected chi connectivity index (χ2v) is 9.11. The lowest BCUT2D eigenvalue weighted by Crippen LogP contribution is -2.51. The number of rotatable bonds is 10. The van der Waals surface area contributed by atoms with E-state index in [9.17, 15) is 24.0 Å². The molecular formula is C30H28N4O6. The number of aliphatic imine (C=N–C) groups is 1. The molecule has 2 N–H and O–H groups in total. The number of methoxy groups -OCH3 is 1. The second kappa shape index (κ2) is 12.6. The average Bonchev–Trinajstić information content (AvgIpc) is 3.07. The summed E-state index contributed by atoms with van der Waals surface area (Å²) in [5.41, 5.74) is 2.43. The Labute approximate surface area is 231 Å². The summed E-state index contributed by atoms with van der Waals surface area (Å²) in [4.78, 5) is 68.8. The molecule has 0 aliphatic carbocycles. The molecule has 10 heteroatoms. The van der Waals surface area contributed by atoms with Crippen LogP contribution in [0.15, 0.2) is 83.9 Å². The summed E-state index contributed by atoms with van der Waals surface area (Å²) in [5, 5.41) is 5.18. The minimum Gasteiger partial charge on any atom is -0.497 e. The summed E-state index contributed by atoms with van der Waals surface area (Å²) < 4.78 is 5.15. The van der Waals surface area contributed by atoms with Crippen LogP contribution >= 0.6 is 0 Å². The van der Waals surface area contributed by atoms with E-state index >= 15 is 0 Å². The number of aldehydes is 1. The van der Waals surface area contributed by atoms with Gasteiger partial charge in [0.1, 0.15) is 24.4 Å². The first-order valence-corrected chi connectivity index (χ1v) is 12.5. The lowest BCUT2D eigenvalue weighted by molar-refractivity contribution is -0.126.